The SMILES string of the molecule is CC(O)C1CCN(C2CCCCCC2=O)C1. The molecule has 1 aliphatic carbocycles. The van der Waals surface area contributed by atoms with E-state index in [1.54, 1.807) is 0 Å². The Kier molecular flexibility index (Phi) is 3.98. The van der Waals surface area contributed by atoms with E-state index in [4.69, 9.17) is 0 Å². The first-order chi connectivity index (χ1) is 7.68. The van der Waals surface area contributed by atoms with E-state index in [1.807, 2.05) is 6.92 Å². The molecule has 1 N–H and O–H groups in total. The number of likely N-dealkylation sites (tertiary alicyclic amines) is 1. The first-order valence-corrected chi connectivity index (χ1v) is 6.63. The maximum Gasteiger partial charge on any atom is 0.149 e. The Balaban J connectivity index is 1.94. The second kappa shape index (κ2) is 5.28. The number of carbonyl (C=O) groups excluding carboxylic acids is 1. The lowest BCUT2D eigenvalue weighted by molar-refractivity contribution is -0.123. The topological polar surface area (TPSA) is 40.5 Å². The van der Waals surface area contributed by atoms with Crippen LogP contribution >= 0.6 is 0 Å². The van der Waals surface area contributed by atoms with Gasteiger partial charge >= 0.3 is 0 Å². The summed E-state index contributed by atoms with van der Waals surface area (Å²) in [6.45, 7) is 3.77. The van der Waals surface area contributed by atoms with Crippen LogP contribution in [0.3, 0.4) is 0 Å². The first kappa shape index (κ1) is 12.1. The van der Waals surface area contributed by atoms with Gasteiger partial charge in [0.05, 0.1) is 12.1 Å². The Morgan fingerprint density at radius 3 is 2.81 bits per heavy atom. The van der Waals surface area contributed by atoms with Gasteiger partial charge in [0.1, 0.15) is 5.78 Å². The molecule has 0 amide bonds. The molecule has 0 aromatic carbocycles. The van der Waals surface area contributed by atoms with Crippen molar-refractivity contribution < 1.29 is 9.90 Å². The van der Waals surface area contributed by atoms with E-state index in [2.05, 4.69) is 4.90 Å². The molecule has 0 spiro atoms. The van der Waals surface area contributed by atoms with E-state index in [0.29, 0.717) is 11.7 Å². The van der Waals surface area contributed by atoms with Crippen LogP contribution in [0.1, 0.15) is 45.4 Å². The van der Waals surface area contributed by atoms with E-state index in [9.17, 15) is 9.90 Å². The first-order valence-electron chi connectivity index (χ1n) is 6.63. The molecule has 0 radical (unpaired) electrons. The van der Waals surface area contributed by atoms with Crippen molar-refractivity contribution in [3.8, 4) is 0 Å². The smallest absolute Gasteiger partial charge is 0.149 e. The highest BCUT2D eigenvalue weighted by Gasteiger charge is 2.34. The summed E-state index contributed by atoms with van der Waals surface area (Å²) in [5, 5.41) is 9.58. The number of carbonyl (C=O) groups is 1. The van der Waals surface area contributed by atoms with Gasteiger partial charge in [-0.3, -0.25) is 9.69 Å². The predicted molar refractivity (Wildman–Crippen MR) is 63.2 cm³/mol. The normalized spacial score (nSPS) is 35.0. The van der Waals surface area contributed by atoms with Gasteiger partial charge in [-0.15, -0.1) is 0 Å². The molecule has 3 atom stereocenters. The minimum atomic E-state index is -0.231. The van der Waals surface area contributed by atoms with Gasteiger partial charge < -0.3 is 5.11 Å². The molecule has 92 valence electrons. The largest absolute Gasteiger partial charge is 0.393 e. The monoisotopic (exact) mass is 225 g/mol. The van der Waals surface area contributed by atoms with Crippen molar-refractivity contribution >= 4 is 5.78 Å². The summed E-state index contributed by atoms with van der Waals surface area (Å²) in [4.78, 5) is 14.3. The zero-order valence-corrected chi connectivity index (χ0v) is 10.2. The highest BCUT2D eigenvalue weighted by atomic mass is 16.3. The highest BCUT2D eigenvalue weighted by molar-refractivity contribution is 5.84. The summed E-state index contributed by atoms with van der Waals surface area (Å²) in [6.07, 6.45) is 6.07. The maximum absolute atomic E-state index is 12.0. The maximum atomic E-state index is 12.0. The van der Waals surface area contributed by atoms with Crippen LogP contribution in [0.25, 0.3) is 0 Å². The van der Waals surface area contributed by atoms with Crippen molar-refractivity contribution in [1.29, 1.82) is 0 Å². The molecular formula is C13H23NO2. The van der Waals surface area contributed by atoms with Gasteiger partial charge in [-0.25, -0.2) is 0 Å². The Labute approximate surface area is 97.8 Å². The number of nitrogens with zero attached hydrogens (tertiary/aromatic N) is 1. The number of rotatable bonds is 2. The third kappa shape index (κ3) is 2.64. The standard InChI is InChI=1S/C13H23NO2/c1-10(15)11-7-8-14(9-11)12-5-3-2-4-6-13(12)16/h10-12,15H,2-9H2,1H3. The van der Waals surface area contributed by atoms with Gasteiger partial charge in [-0.2, -0.15) is 0 Å². The molecule has 3 nitrogen and oxygen atoms in total. The minimum absolute atomic E-state index is 0.159. The third-order valence-corrected chi connectivity index (χ3v) is 4.15. The van der Waals surface area contributed by atoms with Crippen LogP contribution in [0.15, 0.2) is 0 Å². The molecule has 1 saturated carbocycles. The van der Waals surface area contributed by atoms with Crippen molar-refractivity contribution in [2.75, 3.05) is 13.1 Å². The number of ketones is 1. The van der Waals surface area contributed by atoms with Gasteiger partial charge in [0.25, 0.3) is 0 Å². The van der Waals surface area contributed by atoms with Crippen molar-refractivity contribution in [3.05, 3.63) is 0 Å². The molecule has 1 aliphatic heterocycles. The summed E-state index contributed by atoms with van der Waals surface area (Å²) in [6, 6.07) is 0.159. The Hall–Kier alpha value is -0.410. The van der Waals surface area contributed by atoms with Crippen molar-refractivity contribution in [2.24, 2.45) is 5.92 Å². The lowest BCUT2D eigenvalue weighted by Crippen LogP contribution is -2.39. The fourth-order valence-electron chi connectivity index (χ4n) is 3.02. The van der Waals surface area contributed by atoms with Gasteiger partial charge in [0.2, 0.25) is 0 Å². The molecule has 2 rings (SSSR count). The molecule has 3 unspecified atom stereocenters. The zero-order chi connectivity index (χ0) is 11.5. The fraction of sp³-hybridized carbons (Fsp3) is 0.923. The average molecular weight is 225 g/mol. The number of aliphatic hydroxyl groups is 1. The van der Waals surface area contributed by atoms with E-state index in [1.165, 1.54) is 12.8 Å². The van der Waals surface area contributed by atoms with Crippen LogP contribution in [0.2, 0.25) is 0 Å². The van der Waals surface area contributed by atoms with Crippen molar-refractivity contribution in [2.45, 2.75) is 57.6 Å². The molecule has 3 heteroatoms. The lowest BCUT2D eigenvalue weighted by Gasteiger charge is -2.25. The second-order valence-corrected chi connectivity index (χ2v) is 5.37. The number of aliphatic hydroxyl groups excluding tert-OH is 1. The molecule has 16 heavy (non-hydrogen) atoms. The number of Topliss-reactive ketones (excluding diaryl/α,β-unsaturated/α-hetero) is 1. The molecular weight excluding hydrogens is 202 g/mol. The van der Waals surface area contributed by atoms with E-state index >= 15 is 0 Å². The van der Waals surface area contributed by atoms with Gasteiger partial charge in [-0.05, 0) is 38.6 Å². The quantitative estimate of drug-likeness (QED) is 0.726. The van der Waals surface area contributed by atoms with Crippen LogP contribution in [0, 0.1) is 5.92 Å². The summed E-state index contributed by atoms with van der Waals surface area (Å²) in [5.41, 5.74) is 0. The Bertz CT molecular complexity index is 252. The molecule has 2 fully saturated rings. The summed E-state index contributed by atoms with van der Waals surface area (Å²) in [7, 11) is 0. The van der Waals surface area contributed by atoms with Crippen LogP contribution in [0.4, 0.5) is 0 Å². The summed E-state index contributed by atoms with van der Waals surface area (Å²) < 4.78 is 0. The van der Waals surface area contributed by atoms with Crippen LogP contribution < -0.4 is 0 Å². The molecule has 0 aromatic heterocycles. The zero-order valence-electron chi connectivity index (χ0n) is 10.2. The number of hydrogen-bond acceptors (Lipinski definition) is 3. The minimum Gasteiger partial charge on any atom is -0.393 e. The van der Waals surface area contributed by atoms with Crippen LogP contribution in [0.5, 0.6) is 0 Å². The molecule has 0 bridgehead atoms. The van der Waals surface area contributed by atoms with Crippen LogP contribution in [-0.4, -0.2) is 41.0 Å². The second-order valence-electron chi connectivity index (χ2n) is 5.37. The van der Waals surface area contributed by atoms with Crippen LogP contribution in [-0.2, 0) is 4.79 Å². The number of hydrogen-bond donors (Lipinski definition) is 1. The highest BCUT2D eigenvalue weighted by Crippen LogP contribution is 2.26. The lowest BCUT2D eigenvalue weighted by atomic mass is 10.0. The Morgan fingerprint density at radius 2 is 2.12 bits per heavy atom. The molecule has 0 aromatic rings. The van der Waals surface area contributed by atoms with E-state index in [0.717, 1.165) is 38.8 Å². The average Bonchev–Trinajstić information content (AvgIpc) is 2.63. The van der Waals surface area contributed by atoms with Gasteiger partial charge in [0, 0.05) is 13.0 Å². The summed E-state index contributed by atoms with van der Waals surface area (Å²) in [5.74, 6) is 0.805. The van der Waals surface area contributed by atoms with E-state index < -0.39 is 0 Å². The Morgan fingerprint density at radius 1 is 1.31 bits per heavy atom. The molecule has 1 saturated heterocycles. The predicted octanol–water partition coefficient (Wildman–Crippen LogP) is 1.59. The summed E-state index contributed by atoms with van der Waals surface area (Å²) >= 11 is 0. The van der Waals surface area contributed by atoms with Crippen molar-refractivity contribution in [1.82, 2.24) is 4.90 Å². The van der Waals surface area contributed by atoms with Gasteiger partial charge in [0.15, 0.2) is 0 Å². The third-order valence-electron chi connectivity index (χ3n) is 4.15. The van der Waals surface area contributed by atoms with Gasteiger partial charge in [-0.1, -0.05) is 12.8 Å². The van der Waals surface area contributed by atoms with E-state index in [-0.39, 0.29) is 12.1 Å². The van der Waals surface area contributed by atoms with Crippen molar-refractivity contribution in [3.63, 3.8) is 0 Å². The molecule has 2 aliphatic rings. The molecule has 1 heterocycles. The fourth-order valence-corrected chi connectivity index (χ4v) is 3.02.